The van der Waals surface area contributed by atoms with Crippen LogP contribution in [0.25, 0.3) is 0 Å². The minimum Gasteiger partial charge on any atom is -0.504 e. The van der Waals surface area contributed by atoms with Crippen LogP contribution in [0.2, 0.25) is 0 Å². The van der Waals surface area contributed by atoms with E-state index in [2.05, 4.69) is 0 Å². The first kappa shape index (κ1) is 10.8. The maximum atomic E-state index is 11.5. The molecule has 1 aliphatic rings. The fourth-order valence-electron chi connectivity index (χ4n) is 1.32. The third-order valence-electron chi connectivity index (χ3n) is 2.29. The highest BCUT2D eigenvalue weighted by Gasteiger charge is 2.25. The topological polar surface area (TPSA) is 55.8 Å². The molecule has 1 N–H and O–H groups in total. The highest BCUT2D eigenvalue weighted by atomic mass is 16.5. The van der Waals surface area contributed by atoms with Crippen LogP contribution in [-0.2, 0) is 4.74 Å². The number of phenols is 1. The van der Waals surface area contributed by atoms with E-state index < -0.39 is 5.97 Å². The lowest BCUT2D eigenvalue weighted by Gasteiger charge is -2.08. The fourth-order valence-corrected chi connectivity index (χ4v) is 1.32. The maximum Gasteiger partial charge on any atom is 0.338 e. The molecule has 1 fully saturated rings. The molecular weight excluding hydrogens is 208 g/mol. The van der Waals surface area contributed by atoms with E-state index in [1.54, 1.807) is 6.92 Å². The quantitative estimate of drug-likeness (QED) is 0.793. The van der Waals surface area contributed by atoms with Crippen LogP contribution in [0.5, 0.6) is 11.5 Å². The van der Waals surface area contributed by atoms with Crippen molar-refractivity contribution in [2.24, 2.45) is 0 Å². The van der Waals surface area contributed by atoms with Gasteiger partial charge in [0.05, 0.1) is 18.3 Å². The Kier molecular flexibility index (Phi) is 2.99. The monoisotopic (exact) mass is 222 g/mol. The van der Waals surface area contributed by atoms with Gasteiger partial charge in [-0.3, -0.25) is 0 Å². The molecule has 0 aromatic heterocycles. The third kappa shape index (κ3) is 2.45. The highest BCUT2D eigenvalue weighted by molar-refractivity contribution is 5.90. The number of carbonyl (C=O) groups excluding carboxylic acids is 1. The molecular formula is C12H14O4. The van der Waals surface area contributed by atoms with Gasteiger partial charge in [0.15, 0.2) is 11.5 Å². The van der Waals surface area contributed by atoms with Crippen molar-refractivity contribution in [1.82, 2.24) is 0 Å². The van der Waals surface area contributed by atoms with Crippen molar-refractivity contribution in [3.63, 3.8) is 0 Å². The summed E-state index contributed by atoms with van der Waals surface area (Å²) in [5.41, 5.74) is 0.398. The minimum atomic E-state index is -0.400. The second-order valence-electron chi connectivity index (χ2n) is 3.72. The van der Waals surface area contributed by atoms with E-state index in [4.69, 9.17) is 9.47 Å². The summed E-state index contributed by atoms with van der Waals surface area (Å²) in [6.45, 7) is 2.08. The fraction of sp³-hybridized carbons (Fsp3) is 0.417. The zero-order chi connectivity index (χ0) is 11.5. The van der Waals surface area contributed by atoms with Crippen molar-refractivity contribution in [3.05, 3.63) is 23.8 Å². The summed E-state index contributed by atoms with van der Waals surface area (Å²) in [6.07, 6.45) is 2.19. The van der Waals surface area contributed by atoms with Crippen molar-refractivity contribution in [3.8, 4) is 11.5 Å². The van der Waals surface area contributed by atoms with Gasteiger partial charge in [0, 0.05) is 0 Å². The average Bonchev–Trinajstić information content (AvgIpc) is 3.05. The Morgan fingerprint density at radius 3 is 2.88 bits per heavy atom. The van der Waals surface area contributed by atoms with E-state index in [9.17, 15) is 9.90 Å². The van der Waals surface area contributed by atoms with Crippen LogP contribution in [0.1, 0.15) is 30.1 Å². The van der Waals surface area contributed by atoms with Crippen LogP contribution in [-0.4, -0.2) is 23.8 Å². The Hall–Kier alpha value is -1.71. The molecule has 0 radical (unpaired) electrons. The molecule has 1 aromatic rings. The molecule has 1 saturated carbocycles. The molecule has 0 atom stereocenters. The maximum absolute atomic E-state index is 11.5. The first-order valence-electron chi connectivity index (χ1n) is 5.37. The van der Waals surface area contributed by atoms with Gasteiger partial charge in [-0.05, 0) is 38.0 Å². The normalized spacial score (nSPS) is 14.6. The van der Waals surface area contributed by atoms with Gasteiger partial charge in [0.2, 0.25) is 0 Å². The standard InChI is InChI=1S/C12H14O4/c1-2-15-12(14)8-3-6-10(13)11(7-8)16-9-4-5-9/h3,6-7,9,13H,2,4-5H2,1H3. The average molecular weight is 222 g/mol. The van der Waals surface area contributed by atoms with Crippen molar-refractivity contribution in [1.29, 1.82) is 0 Å². The Morgan fingerprint density at radius 1 is 1.50 bits per heavy atom. The van der Waals surface area contributed by atoms with Gasteiger partial charge in [-0.15, -0.1) is 0 Å². The number of esters is 1. The molecule has 0 saturated heterocycles. The smallest absolute Gasteiger partial charge is 0.338 e. The van der Waals surface area contributed by atoms with Crippen LogP contribution in [0.3, 0.4) is 0 Å². The Labute approximate surface area is 93.8 Å². The minimum absolute atomic E-state index is 0.0555. The predicted molar refractivity (Wildman–Crippen MR) is 57.7 cm³/mol. The molecule has 2 rings (SSSR count). The number of benzene rings is 1. The molecule has 86 valence electrons. The zero-order valence-electron chi connectivity index (χ0n) is 9.10. The van der Waals surface area contributed by atoms with Crippen LogP contribution in [0.4, 0.5) is 0 Å². The van der Waals surface area contributed by atoms with Gasteiger partial charge in [-0.2, -0.15) is 0 Å². The van der Waals surface area contributed by atoms with Crippen molar-refractivity contribution in [2.75, 3.05) is 6.61 Å². The van der Waals surface area contributed by atoms with Crippen molar-refractivity contribution >= 4 is 5.97 Å². The van der Waals surface area contributed by atoms with Crippen LogP contribution in [0, 0.1) is 0 Å². The molecule has 4 heteroatoms. The molecule has 0 bridgehead atoms. The SMILES string of the molecule is CCOC(=O)c1ccc(O)c(OC2CC2)c1. The van der Waals surface area contributed by atoms with Gasteiger partial charge in [-0.25, -0.2) is 4.79 Å². The summed E-state index contributed by atoms with van der Waals surface area (Å²) < 4.78 is 10.3. The molecule has 0 amide bonds. The van der Waals surface area contributed by atoms with Gasteiger partial charge >= 0.3 is 5.97 Å². The van der Waals surface area contributed by atoms with Crippen LogP contribution < -0.4 is 4.74 Å². The molecule has 0 heterocycles. The lowest BCUT2D eigenvalue weighted by atomic mass is 10.2. The van der Waals surface area contributed by atoms with E-state index in [0.29, 0.717) is 17.9 Å². The van der Waals surface area contributed by atoms with E-state index in [1.807, 2.05) is 0 Å². The number of hydrogen-bond acceptors (Lipinski definition) is 4. The zero-order valence-corrected chi connectivity index (χ0v) is 9.10. The molecule has 0 unspecified atom stereocenters. The molecule has 0 aliphatic heterocycles. The molecule has 16 heavy (non-hydrogen) atoms. The van der Waals surface area contributed by atoms with Crippen molar-refractivity contribution in [2.45, 2.75) is 25.9 Å². The van der Waals surface area contributed by atoms with E-state index in [1.165, 1.54) is 18.2 Å². The highest BCUT2D eigenvalue weighted by Crippen LogP contribution is 2.33. The summed E-state index contributed by atoms with van der Waals surface area (Å²) in [7, 11) is 0. The number of ether oxygens (including phenoxy) is 2. The lowest BCUT2D eigenvalue weighted by Crippen LogP contribution is -2.05. The van der Waals surface area contributed by atoms with Crippen LogP contribution in [0.15, 0.2) is 18.2 Å². The predicted octanol–water partition coefficient (Wildman–Crippen LogP) is 2.11. The molecule has 1 aromatic carbocycles. The van der Waals surface area contributed by atoms with Gasteiger partial charge in [0.1, 0.15) is 0 Å². The largest absolute Gasteiger partial charge is 0.504 e. The first-order valence-corrected chi connectivity index (χ1v) is 5.37. The second kappa shape index (κ2) is 4.43. The number of carbonyl (C=O) groups is 1. The van der Waals surface area contributed by atoms with Gasteiger partial charge in [0.25, 0.3) is 0 Å². The summed E-state index contributed by atoms with van der Waals surface area (Å²) in [5.74, 6) is 0.0103. The number of hydrogen-bond donors (Lipinski definition) is 1. The Morgan fingerprint density at radius 2 is 2.25 bits per heavy atom. The number of phenolic OH excluding ortho intramolecular Hbond substituents is 1. The molecule has 0 spiro atoms. The van der Waals surface area contributed by atoms with Gasteiger partial charge < -0.3 is 14.6 Å². The Balaban J connectivity index is 2.16. The summed E-state index contributed by atoms with van der Waals surface area (Å²) in [5, 5.41) is 9.55. The molecule has 1 aliphatic carbocycles. The van der Waals surface area contributed by atoms with E-state index in [-0.39, 0.29) is 11.9 Å². The number of rotatable bonds is 4. The van der Waals surface area contributed by atoms with Crippen molar-refractivity contribution < 1.29 is 19.4 Å². The number of aromatic hydroxyl groups is 1. The summed E-state index contributed by atoms with van der Waals surface area (Å²) in [6, 6.07) is 4.49. The van der Waals surface area contributed by atoms with E-state index in [0.717, 1.165) is 12.8 Å². The summed E-state index contributed by atoms with van der Waals surface area (Å²) in [4.78, 5) is 11.5. The second-order valence-corrected chi connectivity index (χ2v) is 3.72. The Bertz CT molecular complexity index is 396. The van der Waals surface area contributed by atoms with Crippen LogP contribution >= 0.6 is 0 Å². The first-order chi connectivity index (χ1) is 7.70. The lowest BCUT2D eigenvalue weighted by molar-refractivity contribution is 0.0525. The third-order valence-corrected chi connectivity index (χ3v) is 2.29. The molecule has 4 nitrogen and oxygen atoms in total. The summed E-state index contributed by atoms with van der Waals surface area (Å²) >= 11 is 0. The van der Waals surface area contributed by atoms with E-state index >= 15 is 0 Å². The van der Waals surface area contributed by atoms with Gasteiger partial charge in [-0.1, -0.05) is 0 Å².